The van der Waals surface area contributed by atoms with E-state index in [0.29, 0.717) is 4.88 Å². The third kappa shape index (κ3) is 3.26. The number of methoxy groups -OCH3 is 1. The number of nitro benzene ring substituents is 1. The van der Waals surface area contributed by atoms with Crippen LogP contribution in [0.4, 0.5) is 5.69 Å². The molecule has 0 amide bonds. The Bertz CT molecular complexity index is 892. The normalized spacial score (nSPS) is 11.0. The van der Waals surface area contributed by atoms with Gasteiger partial charge in [0.1, 0.15) is 11.6 Å². The maximum atomic E-state index is 12.4. The summed E-state index contributed by atoms with van der Waals surface area (Å²) in [5.74, 6) is -1.19. The zero-order chi connectivity index (χ0) is 17.9. The van der Waals surface area contributed by atoms with E-state index < -0.39 is 22.1 Å². The molecule has 0 aliphatic heterocycles. The number of carbonyl (C=O) groups excluding carboxylic acids is 1. The number of carbonyl (C=O) groups is 1. The smallest absolute Gasteiger partial charge is 0.315 e. The molecule has 1 aromatic heterocycles. The number of ether oxygens (including phenoxy) is 1. The zero-order valence-corrected chi connectivity index (χ0v) is 13.6. The van der Waals surface area contributed by atoms with Crippen molar-refractivity contribution in [3.8, 4) is 17.6 Å². The van der Waals surface area contributed by atoms with Crippen molar-refractivity contribution in [1.29, 1.82) is 5.26 Å². The van der Waals surface area contributed by atoms with Crippen LogP contribution in [0.15, 0.2) is 29.2 Å². The van der Waals surface area contributed by atoms with Gasteiger partial charge in [-0.1, -0.05) is 0 Å². The molecule has 2 aromatic rings. The quantitative estimate of drug-likeness (QED) is 0.292. The fourth-order valence-corrected chi connectivity index (χ4v) is 2.91. The van der Waals surface area contributed by atoms with Gasteiger partial charge in [0.2, 0.25) is 11.5 Å². The van der Waals surface area contributed by atoms with Crippen molar-refractivity contribution in [2.24, 2.45) is 0 Å². The van der Waals surface area contributed by atoms with Crippen LogP contribution in [0, 0.1) is 28.4 Å². The van der Waals surface area contributed by atoms with Crippen LogP contribution < -0.4 is 4.74 Å². The van der Waals surface area contributed by atoms with E-state index in [9.17, 15) is 25.3 Å². The van der Waals surface area contributed by atoms with Crippen LogP contribution >= 0.6 is 11.3 Å². The lowest BCUT2D eigenvalue weighted by Crippen LogP contribution is -2.01. The van der Waals surface area contributed by atoms with E-state index >= 15 is 0 Å². The van der Waals surface area contributed by atoms with E-state index in [2.05, 4.69) is 0 Å². The summed E-state index contributed by atoms with van der Waals surface area (Å²) in [6.45, 7) is 1.76. The molecule has 7 nitrogen and oxygen atoms in total. The van der Waals surface area contributed by atoms with Gasteiger partial charge < -0.3 is 9.84 Å². The molecule has 122 valence electrons. The van der Waals surface area contributed by atoms with E-state index in [1.807, 2.05) is 6.07 Å². The standard InChI is InChI=1S/C16H12N2O5S/c1-9-3-4-24-16(9)14(19)11(8-17)5-10-6-12(18(21)22)15(20)13(7-10)23-2/h3-7,20H,1-2H3/b11-5-. The Labute approximate surface area is 141 Å². The van der Waals surface area contributed by atoms with Crippen LogP contribution in [0.3, 0.4) is 0 Å². The summed E-state index contributed by atoms with van der Waals surface area (Å²) in [6, 6.07) is 5.96. The highest BCUT2D eigenvalue weighted by Gasteiger charge is 2.21. The number of Topliss-reactive ketones (excluding diaryl/α,β-unsaturated/α-hetero) is 1. The van der Waals surface area contributed by atoms with Gasteiger partial charge in [-0.15, -0.1) is 11.3 Å². The van der Waals surface area contributed by atoms with Gasteiger partial charge in [0.15, 0.2) is 5.75 Å². The van der Waals surface area contributed by atoms with E-state index in [4.69, 9.17) is 4.74 Å². The topological polar surface area (TPSA) is 113 Å². The van der Waals surface area contributed by atoms with Crippen LogP contribution in [-0.4, -0.2) is 22.9 Å². The molecule has 0 saturated heterocycles. The number of thiophene rings is 1. The molecule has 0 saturated carbocycles. The van der Waals surface area contributed by atoms with Crippen LogP contribution in [-0.2, 0) is 0 Å². The number of nitrogens with zero attached hydrogens (tertiary/aromatic N) is 2. The number of nitro groups is 1. The minimum absolute atomic E-state index is 0.118. The second kappa shape index (κ2) is 6.93. The molecule has 0 unspecified atom stereocenters. The van der Waals surface area contributed by atoms with Crippen molar-refractivity contribution in [3.63, 3.8) is 0 Å². The van der Waals surface area contributed by atoms with Gasteiger partial charge in [-0.25, -0.2) is 0 Å². The number of hydrogen-bond donors (Lipinski definition) is 1. The fourth-order valence-electron chi connectivity index (χ4n) is 2.03. The zero-order valence-electron chi connectivity index (χ0n) is 12.8. The monoisotopic (exact) mass is 344 g/mol. The molecule has 1 heterocycles. The highest BCUT2D eigenvalue weighted by molar-refractivity contribution is 7.12. The molecule has 8 heteroatoms. The Hall–Kier alpha value is -3.18. The molecule has 0 spiro atoms. The molecule has 0 aliphatic rings. The molecular weight excluding hydrogens is 332 g/mol. The largest absolute Gasteiger partial charge is 0.500 e. The van der Waals surface area contributed by atoms with Crippen molar-refractivity contribution >= 4 is 28.9 Å². The lowest BCUT2D eigenvalue weighted by Gasteiger charge is -2.06. The number of hydrogen-bond acceptors (Lipinski definition) is 7. The minimum Gasteiger partial charge on any atom is -0.500 e. The van der Waals surface area contributed by atoms with Crippen molar-refractivity contribution in [2.45, 2.75) is 6.92 Å². The molecule has 0 fully saturated rings. The molecule has 0 radical (unpaired) electrons. The third-order valence-corrected chi connectivity index (χ3v) is 4.25. The summed E-state index contributed by atoms with van der Waals surface area (Å²) in [5.41, 5.74) is 0.219. The van der Waals surface area contributed by atoms with Gasteiger partial charge >= 0.3 is 5.69 Å². The molecule has 0 aliphatic carbocycles. The van der Waals surface area contributed by atoms with Crippen molar-refractivity contribution in [3.05, 3.63) is 55.3 Å². The van der Waals surface area contributed by atoms with Gasteiger partial charge in [0, 0.05) is 6.07 Å². The first-order valence-electron chi connectivity index (χ1n) is 6.65. The summed E-state index contributed by atoms with van der Waals surface area (Å²) < 4.78 is 4.89. The van der Waals surface area contributed by atoms with Gasteiger partial charge in [-0.3, -0.25) is 14.9 Å². The first kappa shape index (κ1) is 17.2. The number of ketones is 1. The molecule has 24 heavy (non-hydrogen) atoms. The first-order valence-corrected chi connectivity index (χ1v) is 7.53. The lowest BCUT2D eigenvalue weighted by molar-refractivity contribution is -0.386. The highest BCUT2D eigenvalue weighted by atomic mass is 32.1. The number of aryl methyl sites for hydroxylation is 1. The van der Waals surface area contributed by atoms with E-state index in [0.717, 1.165) is 11.6 Å². The predicted molar refractivity (Wildman–Crippen MR) is 88.3 cm³/mol. The van der Waals surface area contributed by atoms with Crippen molar-refractivity contribution in [2.75, 3.05) is 7.11 Å². The molecule has 2 rings (SSSR count). The van der Waals surface area contributed by atoms with E-state index in [-0.39, 0.29) is 16.9 Å². The number of phenolic OH excluding ortho intramolecular Hbond substituents is 1. The summed E-state index contributed by atoms with van der Waals surface area (Å²) in [4.78, 5) is 23.1. The summed E-state index contributed by atoms with van der Waals surface area (Å²) in [5, 5.41) is 31.8. The summed E-state index contributed by atoms with van der Waals surface area (Å²) >= 11 is 1.22. The van der Waals surface area contributed by atoms with Gasteiger partial charge in [-0.2, -0.15) is 5.26 Å². The molecule has 0 atom stereocenters. The van der Waals surface area contributed by atoms with E-state index in [1.54, 1.807) is 18.4 Å². The van der Waals surface area contributed by atoms with Crippen molar-refractivity contribution < 1.29 is 19.6 Å². The number of rotatable bonds is 5. The second-order valence-electron chi connectivity index (χ2n) is 4.78. The second-order valence-corrected chi connectivity index (χ2v) is 5.70. The predicted octanol–water partition coefficient (Wildman–Crippen LogP) is 3.47. The Kier molecular flexibility index (Phi) is 4.96. The van der Waals surface area contributed by atoms with Crippen LogP contribution in [0.1, 0.15) is 20.8 Å². The lowest BCUT2D eigenvalue weighted by atomic mass is 10.0. The van der Waals surface area contributed by atoms with Crippen LogP contribution in [0.2, 0.25) is 0 Å². The average molecular weight is 344 g/mol. The maximum Gasteiger partial charge on any atom is 0.315 e. The van der Waals surface area contributed by atoms with E-state index in [1.165, 1.54) is 30.6 Å². The molecule has 1 aromatic carbocycles. The van der Waals surface area contributed by atoms with Gasteiger partial charge in [0.05, 0.1) is 16.9 Å². The van der Waals surface area contributed by atoms with Crippen LogP contribution in [0.25, 0.3) is 6.08 Å². The maximum absolute atomic E-state index is 12.4. The summed E-state index contributed by atoms with van der Waals surface area (Å²) in [7, 11) is 1.25. The fraction of sp³-hybridized carbons (Fsp3) is 0.125. The summed E-state index contributed by atoms with van der Waals surface area (Å²) in [6.07, 6.45) is 1.23. The Morgan fingerprint density at radius 3 is 2.71 bits per heavy atom. The minimum atomic E-state index is -0.771. The Morgan fingerprint density at radius 1 is 1.50 bits per heavy atom. The third-order valence-electron chi connectivity index (χ3n) is 3.24. The van der Waals surface area contributed by atoms with Crippen LogP contribution in [0.5, 0.6) is 11.5 Å². The average Bonchev–Trinajstić information content (AvgIpc) is 2.98. The highest BCUT2D eigenvalue weighted by Crippen LogP contribution is 2.37. The number of aromatic hydroxyl groups is 1. The number of nitriles is 1. The molecule has 0 bridgehead atoms. The van der Waals surface area contributed by atoms with Crippen molar-refractivity contribution in [1.82, 2.24) is 0 Å². The first-order chi connectivity index (χ1) is 11.4. The number of benzene rings is 1. The molecule has 1 N–H and O–H groups in total. The molecular formula is C16H12N2O5S. The Balaban J connectivity index is 2.54. The van der Waals surface area contributed by atoms with Gasteiger partial charge in [-0.05, 0) is 41.6 Å². The number of allylic oxidation sites excluding steroid dienone is 1. The Morgan fingerprint density at radius 2 is 2.21 bits per heavy atom. The van der Waals surface area contributed by atoms with Gasteiger partial charge in [0.25, 0.3) is 0 Å². The SMILES string of the molecule is COc1cc(/C=C(/C#N)C(=O)c2sccc2C)cc([N+](=O)[O-])c1O. The number of phenols is 1.